The first-order chi connectivity index (χ1) is 32.7. The molecule has 17 heteroatoms. The number of para-hydroxylation sites is 1. The van der Waals surface area contributed by atoms with Crippen LogP contribution < -0.4 is 26.4 Å². The number of hydrogen-bond acceptors (Lipinski definition) is 13. The maximum absolute atomic E-state index is 13.1. The lowest BCUT2D eigenvalue weighted by Gasteiger charge is -2.38. The fourth-order valence-electron chi connectivity index (χ4n) is 9.34. The average Bonchev–Trinajstić information content (AvgIpc) is 3.90. The number of likely N-dealkylation sites (tertiary alicyclic amines) is 1. The van der Waals surface area contributed by atoms with Crippen LogP contribution in [0, 0.1) is 5.92 Å². The van der Waals surface area contributed by atoms with Gasteiger partial charge in [-0.2, -0.15) is 5.10 Å². The number of likely N-dealkylation sites (N-methyl/N-ethyl adjacent to an activating group) is 1. The Bertz CT molecular complexity index is 2350. The molecule has 4 aromatic rings. The SMILES string of the molecule is CN(C/C=C/CN1CCC([C@@H]2CCNc3c(C(N)=O)c(-c4ccc(Oc5ccccc5)cc4)nn32)CC1)CCOCCOCCOCCNc1cccc2c1CN(C1CCC(=O)NC1=O)C2=O. The maximum atomic E-state index is 13.1. The second-order valence-corrected chi connectivity index (χ2v) is 17.5. The van der Waals surface area contributed by atoms with E-state index in [-0.39, 0.29) is 24.3 Å². The summed E-state index contributed by atoms with van der Waals surface area (Å²) >= 11 is 0. The van der Waals surface area contributed by atoms with Crippen molar-refractivity contribution in [1.29, 1.82) is 0 Å². The van der Waals surface area contributed by atoms with Gasteiger partial charge in [-0.15, -0.1) is 0 Å². The van der Waals surface area contributed by atoms with Crippen molar-refractivity contribution in [2.24, 2.45) is 11.7 Å². The van der Waals surface area contributed by atoms with Crippen molar-refractivity contribution in [3.8, 4) is 22.8 Å². The first kappa shape index (κ1) is 47.4. The van der Waals surface area contributed by atoms with Crippen molar-refractivity contribution in [1.82, 2.24) is 29.8 Å². The van der Waals surface area contributed by atoms with E-state index in [1.807, 2.05) is 71.4 Å². The molecule has 0 saturated carbocycles. The summed E-state index contributed by atoms with van der Waals surface area (Å²) in [6.07, 6.45) is 8.12. The van der Waals surface area contributed by atoms with E-state index in [0.717, 1.165) is 86.9 Å². The van der Waals surface area contributed by atoms with Crippen molar-refractivity contribution in [2.45, 2.75) is 50.7 Å². The Balaban J connectivity index is 0.661. The molecule has 2 fully saturated rings. The number of primary amides is 1. The Morgan fingerprint density at radius 2 is 1.60 bits per heavy atom. The zero-order chi connectivity index (χ0) is 46.5. The van der Waals surface area contributed by atoms with E-state index in [9.17, 15) is 19.2 Å². The van der Waals surface area contributed by atoms with Crippen LogP contribution in [0.2, 0.25) is 0 Å². The van der Waals surface area contributed by atoms with Crippen molar-refractivity contribution < 1.29 is 38.1 Å². The first-order valence-electron chi connectivity index (χ1n) is 23.5. The van der Waals surface area contributed by atoms with E-state index in [1.54, 1.807) is 11.0 Å². The zero-order valence-corrected chi connectivity index (χ0v) is 38.3. The standard InChI is InChI=1S/C50H63N9O8/c1-56(27-29-65-31-33-66-32-30-64-28-22-52-41-11-7-10-39-40(41)34-58(50(39)63)43-16-17-44(60)54-49(43)62)23-5-6-24-57-25-19-35(20-26-57)42-18-21-53-48-45(47(51)61)46(55-59(42)48)36-12-14-38(15-13-36)67-37-8-3-2-4-9-37/h2-15,35,42-43,52-53H,16-34H2,1H3,(H2,51,61)(H,54,60,62)/b6-5+/t42-,43?/m0/s1. The number of amides is 4. The Morgan fingerprint density at radius 3 is 2.34 bits per heavy atom. The summed E-state index contributed by atoms with van der Waals surface area (Å²) in [6.45, 7) is 9.26. The van der Waals surface area contributed by atoms with Gasteiger partial charge in [0.15, 0.2) is 0 Å². The van der Waals surface area contributed by atoms with Crippen LogP contribution in [-0.4, -0.2) is 147 Å². The van der Waals surface area contributed by atoms with Gasteiger partial charge in [-0.3, -0.25) is 29.4 Å². The molecule has 0 aliphatic carbocycles. The minimum Gasteiger partial charge on any atom is -0.457 e. The summed E-state index contributed by atoms with van der Waals surface area (Å²) in [5, 5.41) is 14.2. The molecular weight excluding hydrogens is 855 g/mol. The molecule has 1 unspecified atom stereocenters. The fourth-order valence-corrected chi connectivity index (χ4v) is 9.34. The highest BCUT2D eigenvalue weighted by atomic mass is 16.5. The third-order valence-electron chi connectivity index (χ3n) is 12.9. The normalized spacial score (nSPS) is 18.8. The number of ether oxygens (including phenoxy) is 4. The molecule has 4 aliphatic rings. The number of nitrogens with one attached hydrogen (secondary N) is 3. The monoisotopic (exact) mass is 917 g/mol. The molecule has 4 amide bonds. The Hall–Kier alpha value is -6.11. The summed E-state index contributed by atoms with van der Waals surface area (Å²) in [6, 6.07) is 22.3. The van der Waals surface area contributed by atoms with Gasteiger partial charge in [0, 0.05) is 68.1 Å². The van der Waals surface area contributed by atoms with Gasteiger partial charge in [-0.05, 0) is 100 Å². The number of hydrogen-bond donors (Lipinski definition) is 4. The van der Waals surface area contributed by atoms with Crippen LogP contribution >= 0.6 is 0 Å². The van der Waals surface area contributed by atoms with E-state index in [0.29, 0.717) is 87.6 Å². The number of anilines is 2. The van der Waals surface area contributed by atoms with Gasteiger partial charge < -0.3 is 45.1 Å². The number of piperidine rings is 2. The molecular formula is C50H63N9O8. The average molecular weight is 918 g/mol. The van der Waals surface area contributed by atoms with Gasteiger partial charge in [0.05, 0.1) is 45.7 Å². The highest BCUT2D eigenvalue weighted by Crippen LogP contribution is 2.40. The fraction of sp³-hybridized carbons (Fsp3) is 0.460. The molecule has 0 spiro atoms. The molecule has 5 heterocycles. The third-order valence-corrected chi connectivity index (χ3v) is 12.9. The van der Waals surface area contributed by atoms with Crippen LogP contribution in [-0.2, 0) is 30.3 Å². The Morgan fingerprint density at radius 1 is 0.866 bits per heavy atom. The van der Waals surface area contributed by atoms with Gasteiger partial charge in [-0.1, -0.05) is 36.4 Å². The molecule has 8 rings (SSSR count). The van der Waals surface area contributed by atoms with Gasteiger partial charge >= 0.3 is 0 Å². The van der Waals surface area contributed by atoms with Crippen LogP contribution in [0.25, 0.3) is 11.3 Å². The molecule has 1 aromatic heterocycles. The number of nitrogens with zero attached hydrogens (tertiary/aromatic N) is 5. The lowest BCUT2D eigenvalue weighted by molar-refractivity contribution is -0.136. The lowest BCUT2D eigenvalue weighted by atomic mass is 9.87. The topological polar surface area (TPSA) is 195 Å². The highest BCUT2D eigenvalue weighted by molar-refractivity contribution is 6.06. The zero-order valence-electron chi connectivity index (χ0n) is 38.3. The molecule has 17 nitrogen and oxygen atoms in total. The molecule has 0 radical (unpaired) electrons. The van der Waals surface area contributed by atoms with Gasteiger partial charge in [0.25, 0.3) is 11.8 Å². The minimum atomic E-state index is -0.640. The maximum Gasteiger partial charge on any atom is 0.255 e. The van der Waals surface area contributed by atoms with Crippen molar-refractivity contribution in [3.63, 3.8) is 0 Å². The highest BCUT2D eigenvalue weighted by Gasteiger charge is 2.40. The predicted molar refractivity (Wildman–Crippen MR) is 254 cm³/mol. The van der Waals surface area contributed by atoms with Crippen molar-refractivity contribution in [2.75, 3.05) is 103 Å². The minimum absolute atomic E-state index is 0.192. The van der Waals surface area contributed by atoms with E-state index >= 15 is 0 Å². The number of benzene rings is 3. The van der Waals surface area contributed by atoms with Crippen molar-refractivity contribution >= 4 is 35.1 Å². The smallest absolute Gasteiger partial charge is 0.255 e. The second kappa shape index (κ2) is 23.1. The third kappa shape index (κ3) is 12.1. The van der Waals surface area contributed by atoms with Crippen LogP contribution in [0.3, 0.4) is 0 Å². The van der Waals surface area contributed by atoms with Crippen molar-refractivity contribution in [3.05, 3.63) is 102 Å². The summed E-state index contributed by atoms with van der Waals surface area (Å²) in [7, 11) is 2.09. The number of aromatic nitrogens is 2. The van der Waals surface area contributed by atoms with Gasteiger partial charge in [0.1, 0.15) is 34.6 Å². The second-order valence-electron chi connectivity index (χ2n) is 17.5. The summed E-state index contributed by atoms with van der Waals surface area (Å²) in [5.41, 5.74) is 10.1. The number of fused-ring (bicyclic) bond motifs is 2. The number of rotatable bonds is 23. The molecule has 2 saturated heterocycles. The van der Waals surface area contributed by atoms with E-state index in [2.05, 4.69) is 44.9 Å². The summed E-state index contributed by atoms with van der Waals surface area (Å²) in [5.74, 6) is 1.24. The Kier molecular flexibility index (Phi) is 16.3. The number of nitrogens with two attached hydrogens (primary N) is 1. The molecule has 0 bridgehead atoms. The van der Waals surface area contributed by atoms with Crippen LogP contribution in [0.15, 0.2) is 84.9 Å². The molecule has 3 aromatic carbocycles. The van der Waals surface area contributed by atoms with E-state index in [4.69, 9.17) is 29.8 Å². The predicted octanol–water partition coefficient (Wildman–Crippen LogP) is 4.92. The number of carbonyl (C=O) groups excluding carboxylic acids is 4. The summed E-state index contributed by atoms with van der Waals surface area (Å²) in [4.78, 5) is 56.1. The van der Waals surface area contributed by atoms with Gasteiger partial charge in [-0.25, -0.2) is 4.68 Å². The molecule has 5 N–H and O–H groups in total. The lowest BCUT2D eigenvalue weighted by Crippen LogP contribution is -2.52. The van der Waals surface area contributed by atoms with E-state index in [1.165, 1.54) is 0 Å². The molecule has 2 atom stereocenters. The van der Waals surface area contributed by atoms with E-state index < -0.39 is 17.9 Å². The Labute approximate surface area is 391 Å². The van der Waals surface area contributed by atoms with Gasteiger partial charge in [0.2, 0.25) is 11.8 Å². The molecule has 67 heavy (non-hydrogen) atoms. The van der Waals surface area contributed by atoms with Crippen LogP contribution in [0.5, 0.6) is 11.5 Å². The van der Waals surface area contributed by atoms with Crippen LogP contribution in [0.1, 0.15) is 64.4 Å². The molecule has 4 aliphatic heterocycles. The largest absolute Gasteiger partial charge is 0.457 e. The number of carbonyl (C=O) groups is 4. The number of imide groups is 1. The summed E-state index contributed by atoms with van der Waals surface area (Å²) < 4.78 is 25.2. The quantitative estimate of drug-likeness (QED) is 0.0446. The first-order valence-corrected chi connectivity index (χ1v) is 23.5. The van der Waals surface area contributed by atoms with Crippen LogP contribution in [0.4, 0.5) is 11.5 Å². The molecule has 356 valence electrons.